The molecule has 46 heavy (non-hydrogen) atoms. The Morgan fingerprint density at radius 1 is 0.935 bits per heavy atom. The number of hydrogen-bond acceptors (Lipinski definition) is 8. The zero-order valence-electron chi connectivity index (χ0n) is 25.5. The SMILES string of the molecule is CCOc1ccc([C@H]2C(C(=O)OC)=CN=c3s/c(=C/c4c(OCc5ccc(Br)cc5)ccc5ccccc45)c(=O)n32)cc1OCC. The molecule has 8 nitrogen and oxygen atoms in total. The summed E-state index contributed by atoms with van der Waals surface area (Å²) < 4.78 is 26.1. The van der Waals surface area contributed by atoms with Gasteiger partial charge in [-0.2, -0.15) is 0 Å². The molecule has 1 aliphatic heterocycles. The maximum Gasteiger partial charge on any atom is 0.337 e. The van der Waals surface area contributed by atoms with Crippen molar-refractivity contribution in [2.45, 2.75) is 26.5 Å². The lowest BCUT2D eigenvalue weighted by Crippen LogP contribution is -2.39. The van der Waals surface area contributed by atoms with Crippen LogP contribution >= 0.6 is 27.3 Å². The molecule has 0 aliphatic carbocycles. The van der Waals surface area contributed by atoms with Gasteiger partial charge in [-0.3, -0.25) is 9.36 Å². The first kappa shape index (κ1) is 31.3. The van der Waals surface area contributed by atoms with Crippen LogP contribution in [0.25, 0.3) is 16.8 Å². The van der Waals surface area contributed by atoms with E-state index >= 15 is 0 Å². The van der Waals surface area contributed by atoms with Gasteiger partial charge in [0.2, 0.25) is 0 Å². The lowest BCUT2D eigenvalue weighted by atomic mass is 9.97. The standard InChI is InChI=1S/C36H31BrN2O6S/c1-4-43-30-17-13-24(18-31(30)44-5-2)33-28(35(41)42-3)20-38-36-39(33)34(40)32(46-36)19-27-26-9-7-6-8-23(26)12-16-29(27)45-21-22-10-14-25(37)15-11-22/h6-20,33H,4-5,21H2,1-3H3/b32-19+/t33-/m0/s1. The lowest BCUT2D eigenvalue weighted by Gasteiger charge is -2.23. The summed E-state index contributed by atoms with van der Waals surface area (Å²) in [6.07, 6.45) is 3.33. The van der Waals surface area contributed by atoms with Gasteiger partial charge in [0.25, 0.3) is 5.56 Å². The molecule has 234 valence electrons. The van der Waals surface area contributed by atoms with Crippen molar-refractivity contribution in [3.63, 3.8) is 0 Å². The van der Waals surface area contributed by atoms with E-state index in [0.29, 0.717) is 52.0 Å². The average molecular weight is 700 g/mol. The lowest BCUT2D eigenvalue weighted by molar-refractivity contribution is -0.136. The van der Waals surface area contributed by atoms with Crippen molar-refractivity contribution in [1.29, 1.82) is 0 Å². The maximum absolute atomic E-state index is 14.3. The summed E-state index contributed by atoms with van der Waals surface area (Å²) >= 11 is 4.73. The van der Waals surface area contributed by atoms with Crippen molar-refractivity contribution >= 4 is 50.1 Å². The highest BCUT2D eigenvalue weighted by Crippen LogP contribution is 2.35. The van der Waals surface area contributed by atoms with E-state index in [1.165, 1.54) is 24.6 Å². The van der Waals surface area contributed by atoms with Crippen LogP contribution in [0.15, 0.2) is 105 Å². The second-order valence-electron chi connectivity index (χ2n) is 10.4. The number of carbonyl (C=O) groups excluding carboxylic acids is 1. The summed E-state index contributed by atoms with van der Waals surface area (Å²) in [5.74, 6) is 1.17. The molecule has 1 aromatic heterocycles. The third kappa shape index (κ3) is 6.23. The van der Waals surface area contributed by atoms with Gasteiger partial charge < -0.3 is 18.9 Å². The Morgan fingerprint density at radius 3 is 2.43 bits per heavy atom. The summed E-state index contributed by atoms with van der Waals surface area (Å²) in [5, 5.41) is 1.96. The molecule has 0 amide bonds. The van der Waals surface area contributed by atoms with Crippen molar-refractivity contribution in [3.8, 4) is 17.2 Å². The second kappa shape index (κ2) is 13.8. The first-order chi connectivity index (χ1) is 22.4. The van der Waals surface area contributed by atoms with Crippen molar-refractivity contribution < 1.29 is 23.7 Å². The molecule has 0 saturated carbocycles. The molecule has 0 spiro atoms. The molecule has 0 fully saturated rings. The van der Waals surface area contributed by atoms with Crippen LogP contribution in [-0.2, 0) is 16.1 Å². The molecule has 5 aromatic rings. The second-order valence-corrected chi connectivity index (χ2v) is 12.3. The number of carbonyl (C=O) groups is 1. The number of halogens is 1. The first-order valence-corrected chi connectivity index (χ1v) is 16.4. The van der Waals surface area contributed by atoms with Crippen LogP contribution in [0.2, 0.25) is 0 Å². The van der Waals surface area contributed by atoms with Crippen molar-refractivity contribution in [1.82, 2.24) is 4.57 Å². The fraction of sp³-hybridized carbons (Fsp3) is 0.194. The molecule has 1 aliphatic rings. The van der Waals surface area contributed by atoms with Crippen LogP contribution in [0.3, 0.4) is 0 Å². The summed E-state index contributed by atoms with van der Waals surface area (Å²) in [6.45, 7) is 5.02. The molecule has 0 radical (unpaired) electrons. The molecule has 2 heterocycles. The molecule has 0 N–H and O–H groups in total. The highest BCUT2D eigenvalue weighted by Gasteiger charge is 2.31. The van der Waals surface area contributed by atoms with E-state index in [0.717, 1.165) is 26.4 Å². The van der Waals surface area contributed by atoms with E-state index in [9.17, 15) is 9.59 Å². The van der Waals surface area contributed by atoms with Crippen LogP contribution in [0, 0.1) is 0 Å². The summed E-state index contributed by atoms with van der Waals surface area (Å²) in [4.78, 5) is 32.3. The number of methoxy groups -OCH3 is 1. The molecule has 1 atom stereocenters. The number of hydrogen-bond donors (Lipinski definition) is 0. The van der Waals surface area contributed by atoms with Gasteiger partial charge in [-0.25, -0.2) is 9.79 Å². The van der Waals surface area contributed by atoms with Gasteiger partial charge in [0.05, 0.1) is 36.5 Å². The number of nitrogens with zero attached hydrogens (tertiary/aromatic N) is 2. The third-order valence-electron chi connectivity index (χ3n) is 7.52. The fourth-order valence-corrected chi connectivity index (χ4v) is 6.63. The van der Waals surface area contributed by atoms with E-state index in [2.05, 4.69) is 20.9 Å². The van der Waals surface area contributed by atoms with Gasteiger partial charge in [0.1, 0.15) is 12.4 Å². The van der Waals surface area contributed by atoms with E-state index < -0.39 is 12.0 Å². The Labute approximate surface area is 278 Å². The average Bonchev–Trinajstić information content (AvgIpc) is 3.39. The molecule has 10 heteroatoms. The van der Waals surface area contributed by atoms with Crippen LogP contribution in [-0.4, -0.2) is 30.9 Å². The Morgan fingerprint density at radius 2 is 1.67 bits per heavy atom. The normalized spacial score (nSPS) is 14.3. The van der Waals surface area contributed by atoms with Gasteiger partial charge in [0, 0.05) is 16.2 Å². The molecule has 6 rings (SSSR count). The number of fused-ring (bicyclic) bond motifs is 2. The van der Waals surface area contributed by atoms with Crippen LogP contribution < -0.4 is 29.1 Å². The van der Waals surface area contributed by atoms with Crippen LogP contribution in [0.1, 0.15) is 36.6 Å². The Bertz CT molecular complexity index is 2140. The van der Waals surface area contributed by atoms with Gasteiger partial charge in [-0.15, -0.1) is 0 Å². The minimum absolute atomic E-state index is 0.233. The van der Waals surface area contributed by atoms with Crippen LogP contribution in [0.5, 0.6) is 17.2 Å². The summed E-state index contributed by atoms with van der Waals surface area (Å²) in [6, 6.07) is 24.5. The quantitative estimate of drug-likeness (QED) is 0.159. The van der Waals surface area contributed by atoms with E-state index in [1.807, 2.05) is 86.7 Å². The third-order valence-corrected chi connectivity index (χ3v) is 9.05. The van der Waals surface area contributed by atoms with Crippen LogP contribution in [0.4, 0.5) is 0 Å². The zero-order valence-corrected chi connectivity index (χ0v) is 27.9. The van der Waals surface area contributed by atoms with E-state index in [1.54, 1.807) is 16.7 Å². The predicted molar refractivity (Wildman–Crippen MR) is 182 cm³/mol. The van der Waals surface area contributed by atoms with Crippen molar-refractivity contribution in [2.75, 3.05) is 20.3 Å². The minimum atomic E-state index is -0.790. The zero-order chi connectivity index (χ0) is 32.2. The van der Waals surface area contributed by atoms with Crippen molar-refractivity contribution in [3.05, 3.63) is 131 Å². The smallest absolute Gasteiger partial charge is 0.337 e. The van der Waals surface area contributed by atoms with Gasteiger partial charge in [-0.1, -0.05) is 75.8 Å². The minimum Gasteiger partial charge on any atom is -0.490 e. The largest absolute Gasteiger partial charge is 0.490 e. The highest BCUT2D eigenvalue weighted by molar-refractivity contribution is 9.10. The number of thiazole rings is 1. The number of esters is 1. The number of benzene rings is 4. The topological polar surface area (TPSA) is 88.4 Å². The Balaban J connectivity index is 1.50. The predicted octanol–water partition coefficient (Wildman–Crippen LogP) is 6.31. The maximum atomic E-state index is 14.3. The first-order valence-electron chi connectivity index (χ1n) is 14.8. The molecular weight excluding hydrogens is 668 g/mol. The highest BCUT2D eigenvalue weighted by atomic mass is 79.9. The Kier molecular flexibility index (Phi) is 9.37. The molecule has 0 saturated heterocycles. The van der Waals surface area contributed by atoms with Gasteiger partial charge in [0.15, 0.2) is 16.3 Å². The Hall–Kier alpha value is -4.67. The molecular formula is C36H31BrN2O6S. The number of aromatic nitrogens is 1. The van der Waals surface area contributed by atoms with Gasteiger partial charge >= 0.3 is 5.97 Å². The summed E-state index contributed by atoms with van der Waals surface area (Å²) in [7, 11) is 1.31. The molecule has 0 unspecified atom stereocenters. The molecule has 4 aromatic carbocycles. The number of rotatable bonds is 10. The van der Waals surface area contributed by atoms with Gasteiger partial charge in [-0.05, 0) is 72.2 Å². The van der Waals surface area contributed by atoms with E-state index in [4.69, 9.17) is 18.9 Å². The molecule has 0 bridgehead atoms. The monoisotopic (exact) mass is 698 g/mol. The summed E-state index contributed by atoms with van der Waals surface area (Å²) in [5.41, 5.74) is 2.40. The fourth-order valence-electron chi connectivity index (χ4n) is 5.41. The van der Waals surface area contributed by atoms with E-state index in [-0.39, 0.29) is 11.1 Å². The number of ether oxygens (including phenoxy) is 4. The van der Waals surface area contributed by atoms with Crippen molar-refractivity contribution in [2.24, 2.45) is 4.99 Å².